The molecule has 0 spiro atoms. The summed E-state index contributed by atoms with van der Waals surface area (Å²) in [6.07, 6.45) is 4.78. The molecule has 0 aliphatic carbocycles. The van der Waals surface area contributed by atoms with E-state index in [4.69, 9.17) is 5.11 Å². The molecule has 0 saturated carbocycles. The Morgan fingerprint density at radius 3 is 2.12 bits per heavy atom. The third-order valence-electron chi connectivity index (χ3n) is 3.13. The highest BCUT2D eigenvalue weighted by Crippen LogP contribution is 2.16. The van der Waals surface area contributed by atoms with E-state index in [1.165, 1.54) is 42.5 Å². The molecule has 2 aromatic carbocycles. The Hall–Kier alpha value is -3.21. The molecule has 0 saturated heterocycles. The molecule has 0 radical (unpaired) electrons. The van der Waals surface area contributed by atoms with E-state index in [1.54, 1.807) is 12.1 Å². The molecule has 0 atom stereocenters. The Morgan fingerprint density at radius 1 is 0.875 bits per heavy atom. The van der Waals surface area contributed by atoms with Crippen molar-refractivity contribution in [1.82, 2.24) is 0 Å². The molecule has 0 unspecified atom stereocenters. The third-order valence-corrected chi connectivity index (χ3v) is 3.13. The predicted molar refractivity (Wildman–Crippen MR) is 88.9 cm³/mol. The minimum atomic E-state index is -0.574. The van der Waals surface area contributed by atoms with Crippen LogP contribution in [0.2, 0.25) is 0 Å². The number of hydrogen-bond donors (Lipinski definition) is 2. The number of phenolic OH excluding ortho intramolecular Hbond substituents is 2. The van der Waals surface area contributed by atoms with Crippen LogP contribution in [0.3, 0.4) is 0 Å². The molecule has 0 bridgehead atoms. The summed E-state index contributed by atoms with van der Waals surface area (Å²) in [5.74, 6) is -1.43. The smallest absolute Gasteiger partial charge is 0.163 e. The van der Waals surface area contributed by atoms with Gasteiger partial charge in [-0.2, -0.15) is 0 Å². The molecule has 24 heavy (non-hydrogen) atoms. The van der Waals surface area contributed by atoms with Crippen LogP contribution >= 0.6 is 0 Å². The Kier molecular flexibility index (Phi) is 5.63. The van der Waals surface area contributed by atoms with Crippen molar-refractivity contribution in [2.45, 2.75) is 6.42 Å². The van der Waals surface area contributed by atoms with Crippen LogP contribution in [-0.4, -0.2) is 21.8 Å². The first-order chi connectivity index (χ1) is 11.4. The van der Waals surface area contributed by atoms with Crippen LogP contribution in [0.15, 0.2) is 54.6 Å². The number of rotatable bonds is 6. The standard InChI is InChI=1S/C19H15FO4/c20-19-10-9-16(22)11-14(19)4-8-18(24)12-17(23)7-3-13-1-5-15(21)6-2-13/h1-11,21-22H,12H2/b7-3+,8-4+. The topological polar surface area (TPSA) is 74.6 Å². The molecule has 0 aromatic heterocycles. The summed E-state index contributed by atoms with van der Waals surface area (Å²) in [4.78, 5) is 23.4. The normalized spacial score (nSPS) is 11.2. The molecule has 0 amide bonds. The summed E-state index contributed by atoms with van der Waals surface area (Å²) in [7, 11) is 0. The molecule has 2 rings (SSSR count). The van der Waals surface area contributed by atoms with Gasteiger partial charge in [0, 0.05) is 5.56 Å². The van der Waals surface area contributed by atoms with Crippen LogP contribution in [0.25, 0.3) is 12.2 Å². The van der Waals surface area contributed by atoms with E-state index in [-0.39, 0.29) is 23.5 Å². The number of phenols is 2. The molecule has 122 valence electrons. The molecule has 0 heterocycles. The van der Waals surface area contributed by atoms with Gasteiger partial charge in [-0.05, 0) is 54.1 Å². The van der Waals surface area contributed by atoms with Crippen LogP contribution in [0.4, 0.5) is 4.39 Å². The van der Waals surface area contributed by atoms with Crippen LogP contribution in [-0.2, 0) is 9.59 Å². The fraction of sp³-hybridized carbons (Fsp3) is 0.0526. The monoisotopic (exact) mass is 326 g/mol. The SMILES string of the molecule is O=C(/C=C/c1ccc(O)cc1)CC(=O)/C=C/c1cc(O)ccc1F. The maximum atomic E-state index is 13.4. The van der Waals surface area contributed by atoms with Crippen molar-refractivity contribution in [1.29, 1.82) is 0 Å². The second-order valence-corrected chi connectivity index (χ2v) is 5.07. The molecule has 0 fully saturated rings. The zero-order chi connectivity index (χ0) is 17.5. The third kappa shape index (κ3) is 5.21. The van der Waals surface area contributed by atoms with Crippen molar-refractivity contribution in [2.75, 3.05) is 0 Å². The molecule has 4 nitrogen and oxygen atoms in total. The number of halogens is 1. The van der Waals surface area contributed by atoms with Gasteiger partial charge in [-0.25, -0.2) is 4.39 Å². The highest BCUT2D eigenvalue weighted by atomic mass is 19.1. The second-order valence-electron chi connectivity index (χ2n) is 5.07. The van der Waals surface area contributed by atoms with Crippen molar-refractivity contribution in [3.05, 3.63) is 71.6 Å². The first-order valence-corrected chi connectivity index (χ1v) is 7.13. The van der Waals surface area contributed by atoms with Crippen molar-refractivity contribution in [3.8, 4) is 11.5 Å². The van der Waals surface area contributed by atoms with Crippen molar-refractivity contribution < 1.29 is 24.2 Å². The van der Waals surface area contributed by atoms with E-state index in [2.05, 4.69) is 0 Å². The quantitative estimate of drug-likeness (QED) is 0.629. The lowest BCUT2D eigenvalue weighted by molar-refractivity contribution is -0.121. The molecular formula is C19H15FO4. The zero-order valence-corrected chi connectivity index (χ0v) is 12.6. The Bertz CT molecular complexity index is 805. The van der Waals surface area contributed by atoms with Gasteiger partial charge in [0.1, 0.15) is 17.3 Å². The summed E-state index contributed by atoms with van der Waals surface area (Å²) in [5, 5.41) is 18.4. The van der Waals surface area contributed by atoms with Gasteiger partial charge < -0.3 is 10.2 Å². The molecule has 0 aliphatic rings. The van der Waals surface area contributed by atoms with Crippen LogP contribution in [0.1, 0.15) is 17.5 Å². The van der Waals surface area contributed by atoms with Crippen LogP contribution in [0.5, 0.6) is 11.5 Å². The summed E-state index contributed by atoms with van der Waals surface area (Å²) >= 11 is 0. The maximum Gasteiger partial charge on any atom is 0.163 e. The van der Waals surface area contributed by atoms with Gasteiger partial charge in [0.05, 0.1) is 6.42 Å². The highest BCUT2D eigenvalue weighted by molar-refractivity contribution is 6.10. The van der Waals surface area contributed by atoms with E-state index in [0.29, 0.717) is 5.56 Å². The first-order valence-electron chi connectivity index (χ1n) is 7.13. The summed E-state index contributed by atoms with van der Waals surface area (Å²) < 4.78 is 13.4. The van der Waals surface area contributed by atoms with Gasteiger partial charge in [0.15, 0.2) is 11.6 Å². The number of carbonyl (C=O) groups is 2. The number of allylic oxidation sites excluding steroid dienone is 2. The van der Waals surface area contributed by atoms with E-state index in [1.807, 2.05) is 0 Å². The van der Waals surface area contributed by atoms with E-state index >= 15 is 0 Å². The van der Waals surface area contributed by atoms with Crippen molar-refractivity contribution in [2.24, 2.45) is 0 Å². The Labute approximate surface area is 138 Å². The van der Waals surface area contributed by atoms with Crippen molar-refractivity contribution >= 4 is 23.7 Å². The number of carbonyl (C=O) groups excluding carboxylic acids is 2. The van der Waals surface area contributed by atoms with E-state index in [9.17, 15) is 19.1 Å². The summed E-state index contributed by atoms with van der Waals surface area (Å²) in [6, 6.07) is 9.71. The molecule has 2 N–H and O–H groups in total. The number of hydrogen-bond acceptors (Lipinski definition) is 4. The zero-order valence-electron chi connectivity index (χ0n) is 12.6. The summed E-state index contributed by atoms with van der Waals surface area (Å²) in [5.41, 5.74) is 0.779. The Morgan fingerprint density at radius 2 is 1.46 bits per heavy atom. The van der Waals surface area contributed by atoms with E-state index < -0.39 is 17.4 Å². The van der Waals surface area contributed by atoms with Crippen molar-refractivity contribution in [3.63, 3.8) is 0 Å². The number of benzene rings is 2. The minimum absolute atomic E-state index is 0.0652. The van der Waals surface area contributed by atoms with Gasteiger partial charge in [0.2, 0.25) is 0 Å². The largest absolute Gasteiger partial charge is 0.508 e. The van der Waals surface area contributed by atoms with Crippen LogP contribution in [0, 0.1) is 5.82 Å². The molecular weight excluding hydrogens is 311 g/mol. The summed E-state index contributed by atoms with van der Waals surface area (Å²) in [6.45, 7) is 0. The highest BCUT2D eigenvalue weighted by Gasteiger charge is 2.05. The average molecular weight is 326 g/mol. The predicted octanol–water partition coefficient (Wildman–Crippen LogP) is 3.49. The molecule has 0 aliphatic heterocycles. The van der Waals surface area contributed by atoms with Gasteiger partial charge in [-0.15, -0.1) is 0 Å². The van der Waals surface area contributed by atoms with Gasteiger partial charge in [-0.3, -0.25) is 9.59 Å². The van der Waals surface area contributed by atoms with Crippen LogP contribution < -0.4 is 0 Å². The number of ketones is 2. The molecule has 5 heteroatoms. The van der Waals surface area contributed by atoms with E-state index in [0.717, 1.165) is 12.1 Å². The van der Waals surface area contributed by atoms with Gasteiger partial charge in [-0.1, -0.05) is 18.2 Å². The maximum absolute atomic E-state index is 13.4. The first kappa shape index (κ1) is 17.1. The lowest BCUT2D eigenvalue weighted by Crippen LogP contribution is -2.02. The second kappa shape index (κ2) is 7.87. The molecule has 2 aromatic rings. The van der Waals surface area contributed by atoms with Gasteiger partial charge in [0.25, 0.3) is 0 Å². The fourth-order valence-corrected chi connectivity index (χ4v) is 1.91. The lowest BCUT2D eigenvalue weighted by Gasteiger charge is -1.98. The number of aromatic hydroxyl groups is 2. The average Bonchev–Trinajstić information content (AvgIpc) is 2.55. The van der Waals surface area contributed by atoms with Gasteiger partial charge >= 0.3 is 0 Å². The Balaban J connectivity index is 1.94. The minimum Gasteiger partial charge on any atom is -0.508 e. The fourth-order valence-electron chi connectivity index (χ4n) is 1.91. The lowest BCUT2D eigenvalue weighted by atomic mass is 10.1.